The van der Waals surface area contributed by atoms with Gasteiger partial charge in [-0.3, -0.25) is 0 Å². The quantitative estimate of drug-likeness (QED) is 0.890. The first-order chi connectivity index (χ1) is 7.15. The largest absolute Gasteiger partial charge is 0.369 e. The zero-order chi connectivity index (χ0) is 10.9. The Labute approximate surface area is 106 Å². The van der Waals surface area contributed by atoms with Gasteiger partial charge in [0.25, 0.3) is 0 Å². The Balaban J connectivity index is 1.99. The van der Waals surface area contributed by atoms with Gasteiger partial charge in [-0.1, -0.05) is 0 Å². The topological polar surface area (TPSA) is 50.9 Å². The van der Waals surface area contributed by atoms with Crippen LogP contribution in [0.5, 0.6) is 0 Å². The Morgan fingerprint density at radius 1 is 1.47 bits per heavy atom. The van der Waals surface area contributed by atoms with Crippen molar-refractivity contribution in [2.75, 3.05) is 18.4 Å². The van der Waals surface area contributed by atoms with Crippen LogP contribution in [0.2, 0.25) is 0 Å². The van der Waals surface area contributed by atoms with Gasteiger partial charge in [0.15, 0.2) is 0 Å². The molecular formula is C10H13Br2N3. The molecule has 1 fully saturated rings. The summed E-state index contributed by atoms with van der Waals surface area (Å²) >= 11 is 6.84. The first-order valence-corrected chi connectivity index (χ1v) is 6.49. The fourth-order valence-corrected chi connectivity index (χ4v) is 2.57. The third kappa shape index (κ3) is 2.71. The van der Waals surface area contributed by atoms with E-state index in [2.05, 4.69) is 42.2 Å². The predicted molar refractivity (Wildman–Crippen MR) is 68.8 cm³/mol. The minimum atomic E-state index is 0.328. The fraction of sp³-hybridized carbons (Fsp3) is 0.500. The van der Waals surface area contributed by atoms with E-state index in [1.165, 1.54) is 12.8 Å². The Bertz CT molecular complexity index is 364. The van der Waals surface area contributed by atoms with Crippen LogP contribution in [0.3, 0.4) is 0 Å². The summed E-state index contributed by atoms with van der Waals surface area (Å²) in [7, 11) is 0. The molecular weight excluding hydrogens is 322 g/mol. The summed E-state index contributed by atoms with van der Waals surface area (Å²) in [6.07, 6.45) is 4.24. The molecule has 1 aromatic rings. The second-order valence-corrected chi connectivity index (χ2v) is 5.81. The van der Waals surface area contributed by atoms with Crippen LogP contribution in [-0.4, -0.2) is 18.1 Å². The molecule has 0 radical (unpaired) electrons. The molecule has 1 aromatic heterocycles. The van der Waals surface area contributed by atoms with E-state index in [-0.39, 0.29) is 0 Å². The van der Waals surface area contributed by atoms with Gasteiger partial charge in [0, 0.05) is 17.2 Å². The van der Waals surface area contributed by atoms with Crippen molar-refractivity contribution in [2.45, 2.75) is 12.8 Å². The van der Waals surface area contributed by atoms with E-state index in [0.717, 1.165) is 27.9 Å². The molecule has 0 atom stereocenters. The molecule has 2 rings (SSSR count). The van der Waals surface area contributed by atoms with E-state index >= 15 is 0 Å². The van der Waals surface area contributed by atoms with Crippen molar-refractivity contribution in [3.8, 4) is 0 Å². The molecule has 0 amide bonds. The van der Waals surface area contributed by atoms with Crippen LogP contribution in [0.4, 0.5) is 5.82 Å². The van der Waals surface area contributed by atoms with Crippen molar-refractivity contribution in [2.24, 2.45) is 11.1 Å². The molecule has 0 unspecified atom stereocenters. The van der Waals surface area contributed by atoms with Gasteiger partial charge in [-0.2, -0.15) is 0 Å². The van der Waals surface area contributed by atoms with Gasteiger partial charge in [-0.15, -0.1) is 0 Å². The van der Waals surface area contributed by atoms with Crippen LogP contribution in [0.1, 0.15) is 12.8 Å². The lowest BCUT2D eigenvalue weighted by atomic mass is 10.1. The van der Waals surface area contributed by atoms with Gasteiger partial charge in [0.2, 0.25) is 0 Å². The average Bonchev–Trinajstić information content (AvgIpc) is 2.97. The molecule has 3 nitrogen and oxygen atoms in total. The number of halogens is 2. The number of rotatable bonds is 4. The summed E-state index contributed by atoms with van der Waals surface area (Å²) < 4.78 is 1.95. The highest BCUT2D eigenvalue weighted by atomic mass is 79.9. The van der Waals surface area contributed by atoms with Crippen LogP contribution in [0.25, 0.3) is 0 Å². The Morgan fingerprint density at radius 3 is 2.73 bits per heavy atom. The molecule has 5 heteroatoms. The lowest BCUT2D eigenvalue weighted by Crippen LogP contribution is -2.24. The van der Waals surface area contributed by atoms with Gasteiger partial charge < -0.3 is 11.1 Å². The molecule has 3 N–H and O–H groups in total. The normalized spacial score (nSPS) is 17.5. The fourth-order valence-electron chi connectivity index (χ4n) is 1.45. The molecule has 15 heavy (non-hydrogen) atoms. The molecule has 0 aromatic carbocycles. The Hall–Kier alpha value is -0.130. The molecule has 0 aliphatic heterocycles. The lowest BCUT2D eigenvalue weighted by molar-refractivity contribution is 0.555. The third-order valence-electron chi connectivity index (χ3n) is 2.83. The van der Waals surface area contributed by atoms with Crippen LogP contribution in [0.15, 0.2) is 21.2 Å². The number of pyridine rings is 1. The molecule has 0 bridgehead atoms. The molecule has 0 spiro atoms. The number of anilines is 1. The highest BCUT2D eigenvalue weighted by molar-refractivity contribution is 9.11. The molecule has 1 aliphatic carbocycles. The highest BCUT2D eigenvalue weighted by Gasteiger charge is 2.40. The number of nitrogens with zero attached hydrogens (tertiary/aromatic N) is 1. The summed E-state index contributed by atoms with van der Waals surface area (Å²) in [6, 6.07) is 1.98. The van der Waals surface area contributed by atoms with Gasteiger partial charge in [0.1, 0.15) is 5.82 Å². The molecule has 1 aliphatic rings. The molecule has 0 saturated heterocycles. The van der Waals surface area contributed by atoms with Crippen molar-refractivity contribution in [1.29, 1.82) is 0 Å². The van der Waals surface area contributed by atoms with E-state index in [4.69, 9.17) is 5.73 Å². The van der Waals surface area contributed by atoms with E-state index in [9.17, 15) is 0 Å². The number of nitrogens with two attached hydrogens (primary N) is 1. The maximum atomic E-state index is 5.72. The van der Waals surface area contributed by atoms with Crippen LogP contribution in [-0.2, 0) is 0 Å². The Kier molecular flexibility index (Phi) is 3.33. The summed E-state index contributed by atoms with van der Waals surface area (Å²) in [5.74, 6) is 0.887. The summed E-state index contributed by atoms with van der Waals surface area (Å²) in [5, 5.41) is 3.34. The summed E-state index contributed by atoms with van der Waals surface area (Å²) in [6.45, 7) is 1.67. The number of hydrogen-bond donors (Lipinski definition) is 2. The van der Waals surface area contributed by atoms with Crippen molar-refractivity contribution < 1.29 is 0 Å². The van der Waals surface area contributed by atoms with E-state index in [1.807, 2.05) is 6.07 Å². The van der Waals surface area contributed by atoms with E-state index in [1.54, 1.807) is 6.20 Å². The van der Waals surface area contributed by atoms with Gasteiger partial charge >= 0.3 is 0 Å². The van der Waals surface area contributed by atoms with E-state index in [0.29, 0.717) is 5.41 Å². The van der Waals surface area contributed by atoms with Crippen molar-refractivity contribution in [3.63, 3.8) is 0 Å². The molecule has 82 valence electrons. The van der Waals surface area contributed by atoms with Crippen LogP contribution < -0.4 is 11.1 Å². The van der Waals surface area contributed by atoms with Gasteiger partial charge in [0.05, 0.1) is 4.47 Å². The maximum absolute atomic E-state index is 5.72. The van der Waals surface area contributed by atoms with Crippen LogP contribution in [0, 0.1) is 5.41 Å². The highest BCUT2D eigenvalue weighted by Crippen LogP contribution is 2.44. The maximum Gasteiger partial charge on any atom is 0.140 e. The third-order valence-corrected chi connectivity index (χ3v) is 3.87. The minimum Gasteiger partial charge on any atom is -0.369 e. The Morgan fingerprint density at radius 2 is 2.20 bits per heavy atom. The second-order valence-electron chi connectivity index (χ2n) is 4.04. The molecule has 1 saturated carbocycles. The number of nitrogens with one attached hydrogen (secondary N) is 1. The summed E-state index contributed by atoms with van der Waals surface area (Å²) in [4.78, 5) is 4.30. The van der Waals surface area contributed by atoms with E-state index < -0.39 is 0 Å². The summed E-state index contributed by atoms with van der Waals surface area (Å²) in [5.41, 5.74) is 6.04. The van der Waals surface area contributed by atoms with Crippen LogP contribution >= 0.6 is 31.9 Å². The van der Waals surface area contributed by atoms with Crippen molar-refractivity contribution in [3.05, 3.63) is 21.2 Å². The average molecular weight is 335 g/mol. The number of aromatic nitrogens is 1. The second kappa shape index (κ2) is 4.39. The minimum absolute atomic E-state index is 0.328. The zero-order valence-corrected chi connectivity index (χ0v) is 11.4. The SMILES string of the molecule is NCC1(CNc2ncc(Br)cc2Br)CC1. The first kappa shape index (κ1) is 11.4. The zero-order valence-electron chi connectivity index (χ0n) is 8.26. The van der Waals surface area contributed by atoms with Gasteiger partial charge in [-0.05, 0) is 62.7 Å². The predicted octanol–water partition coefficient (Wildman–Crippen LogP) is 2.76. The smallest absolute Gasteiger partial charge is 0.140 e. The monoisotopic (exact) mass is 333 g/mol. The first-order valence-electron chi connectivity index (χ1n) is 4.90. The van der Waals surface area contributed by atoms with Crippen molar-refractivity contribution in [1.82, 2.24) is 4.98 Å². The number of hydrogen-bond acceptors (Lipinski definition) is 3. The lowest BCUT2D eigenvalue weighted by Gasteiger charge is -2.14. The standard InChI is InChI=1S/C10H13Br2N3/c11-7-3-8(12)9(14-4-7)15-6-10(5-13)1-2-10/h3-4H,1-2,5-6,13H2,(H,14,15). The van der Waals surface area contributed by atoms with Crippen molar-refractivity contribution >= 4 is 37.7 Å². The molecule has 1 heterocycles. The van der Waals surface area contributed by atoms with Gasteiger partial charge in [-0.25, -0.2) is 4.98 Å².